The number of nitrogens with zero attached hydrogens (tertiary/aromatic N) is 3. The van der Waals surface area contributed by atoms with Gasteiger partial charge in [-0.1, -0.05) is 36.7 Å². The van der Waals surface area contributed by atoms with Gasteiger partial charge in [0, 0.05) is 11.4 Å². The van der Waals surface area contributed by atoms with E-state index in [2.05, 4.69) is 10.2 Å². The summed E-state index contributed by atoms with van der Waals surface area (Å²) in [5.41, 5.74) is 1.02. The van der Waals surface area contributed by atoms with Crippen molar-refractivity contribution in [3.8, 4) is 0 Å². The lowest BCUT2D eigenvalue weighted by atomic mass is 10.1. The van der Waals surface area contributed by atoms with Crippen LogP contribution in [0, 0.1) is 0 Å². The zero-order valence-electron chi connectivity index (χ0n) is 9.69. The molecule has 1 unspecified atom stereocenters. The Morgan fingerprint density at radius 2 is 1.94 bits per heavy atom. The van der Waals surface area contributed by atoms with Gasteiger partial charge in [0.1, 0.15) is 5.82 Å². The Hall–Kier alpha value is -1.06. The van der Waals surface area contributed by atoms with Gasteiger partial charge in [0.15, 0.2) is 0 Å². The van der Waals surface area contributed by atoms with E-state index in [-0.39, 0.29) is 6.04 Å². The highest BCUT2D eigenvalue weighted by atomic mass is 35.5. The molecule has 0 aliphatic rings. The largest absolute Gasteiger partial charge is 0.294 e. The van der Waals surface area contributed by atoms with E-state index in [9.17, 15) is 0 Å². The van der Waals surface area contributed by atoms with Crippen LogP contribution in [0.25, 0.3) is 0 Å². The first kappa shape index (κ1) is 12.4. The van der Waals surface area contributed by atoms with E-state index in [1.807, 2.05) is 42.7 Å². The summed E-state index contributed by atoms with van der Waals surface area (Å²) in [6.45, 7) is 4.06. The maximum Gasteiger partial charge on any atom is 0.225 e. The molecule has 2 aromatic rings. The summed E-state index contributed by atoms with van der Waals surface area (Å²) in [5.74, 6) is 0.863. The molecule has 0 spiro atoms. The summed E-state index contributed by atoms with van der Waals surface area (Å²) in [7, 11) is 0. The fraction of sp³-hybridized carbons (Fsp3) is 0.333. The molecule has 0 amide bonds. The number of rotatable bonds is 3. The molecular formula is C12H13Cl2N3. The van der Waals surface area contributed by atoms with Gasteiger partial charge in [-0.3, -0.25) is 4.57 Å². The highest BCUT2D eigenvalue weighted by molar-refractivity contribution is 6.31. The van der Waals surface area contributed by atoms with Crippen LogP contribution in [0.4, 0.5) is 0 Å². The summed E-state index contributed by atoms with van der Waals surface area (Å²) >= 11 is 12.3. The van der Waals surface area contributed by atoms with Crippen molar-refractivity contribution in [3.63, 3.8) is 0 Å². The summed E-state index contributed by atoms with van der Waals surface area (Å²) in [5, 5.41) is 9.07. The lowest BCUT2D eigenvalue weighted by molar-refractivity contribution is 0.606. The minimum absolute atomic E-state index is 0.0288. The van der Waals surface area contributed by atoms with Crippen LogP contribution >= 0.6 is 23.2 Å². The summed E-state index contributed by atoms with van der Waals surface area (Å²) in [6, 6.07) is 7.76. The first-order chi connectivity index (χ1) is 8.15. The van der Waals surface area contributed by atoms with Crippen LogP contribution < -0.4 is 0 Å². The fourth-order valence-electron chi connectivity index (χ4n) is 1.88. The average molecular weight is 270 g/mol. The van der Waals surface area contributed by atoms with Crippen LogP contribution in [0.2, 0.25) is 10.3 Å². The molecule has 0 bridgehead atoms. The Morgan fingerprint density at radius 1 is 1.24 bits per heavy atom. The highest BCUT2D eigenvalue weighted by Gasteiger charge is 2.18. The van der Waals surface area contributed by atoms with Crippen molar-refractivity contribution >= 4 is 23.2 Å². The molecule has 0 fully saturated rings. The molecule has 90 valence electrons. The fourth-order valence-corrected chi connectivity index (χ4v) is 2.45. The zero-order chi connectivity index (χ0) is 12.4. The van der Waals surface area contributed by atoms with E-state index in [1.54, 1.807) is 0 Å². The third-order valence-electron chi connectivity index (χ3n) is 2.78. The zero-order valence-corrected chi connectivity index (χ0v) is 11.2. The summed E-state index contributed by atoms with van der Waals surface area (Å²) < 4.78 is 1.91. The molecule has 0 radical (unpaired) electrons. The molecule has 0 aliphatic carbocycles. The van der Waals surface area contributed by atoms with Gasteiger partial charge in [0.25, 0.3) is 0 Å². The van der Waals surface area contributed by atoms with E-state index in [0.717, 1.165) is 22.8 Å². The summed E-state index contributed by atoms with van der Waals surface area (Å²) in [6.07, 6.45) is 0.786. The van der Waals surface area contributed by atoms with Gasteiger partial charge in [-0.15, -0.1) is 10.2 Å². The standard InChI is InChI=1S/C12H13Cl2N3/c1-3-11-15-16-12(14)17(11)8(2)9-6-4-5-7-10(9)13/h4-8H,3H2,1-2H3. The van der Waals surface area contributed by atoms with Crippen LogP contribution in [0.15, 0.2) is 24.3 Å². The quantitative estimate of drug-likeness (QED) is 0.850. The first-order valence-electron chi connectivity index (χ1n) is 5.48. The molecule has 5 heteroatoms. The molecule has 0 saturated carbocycles. The van der Waals surface area contributed by atoms with E-state index >= 15 is 0 Å². The Balaban J connectivity index is 2.47. The van der Waals surface area contributed by atoms with Crippen LogP contribution in [-0.4, -0.2) is 14.8 Å². The molecule has 0 saturated heterocycles. The smallest absolute Gasteiger partial charge is 0.225 e. The van der Waals surface area contributed by atoms with Crippen LogP contribution in [0.5, 0.6) is 0 Å². The second-order valence-corrected chi connectivity index (χ2v) is 4.55. The summed E-state index contributed by atoms with van der Waals surface area (Å²) in [4.78, 5) is 0. The highest BCUT2D eigenvalue weighted by Crippen LogP contribution is 2.28. The molecule has 0 N–H and O–H groups in total. The predicted octanol–water partition coefficient (Wildman–Crippen LogP) is 3.76. The second kappa shape index (κ2) is 5.07. The molecule has 1 atom stereocenters. The molecule has 1 aromatic heterocycles. The topological polar surface area (TPSA) is 30.7 Å². The van der Waals surface area contributed by atoms with Crippen molar-refractivity contribution in [2.24, 2.45) is 0 Å². The monoisotopic (exact) mass is 269 g/mol. The number of aromatic nitrogens is 3. The van der Waals surface area contributed by atoms with Crippen molar-refractivity contribution < 1.29 is 0 Å². The molecule has 3 nitrogen and oxygen atoms in total. The van der Waals surface area contributed by atoms with Crippen LogP contribution in [0.3, 0.4) is 0 Å². The van der Waals surface area contributed by atoms with Crippen LogP contribution in [-0.2, 0) is 6.42 Å². The number of benzene rings is 1. The number of halogens is 2. The van der Waals surface area contributed by atoms with Gasteiger partial charge in [-0.05, 0) is 30.2 Å². The predicted molar refractivity (Wildman–Crippen MR) is 69.7 cm³/mol. The minimum Gasteiger partial charge on any atom is -0.294 e. The Bertz CT molecular complexity index is 522. The maximum atomic E-state index is 6.19. The Labute approximate surface area is 110 Å². The van der Waals surface area contributed by atoms with Crippen molar-refractivity contribution in [1.29, 1.82) is 0 Å². The number of aryl methyl sites for hydroxylation is 1. The van der Waals surface area contributed by atoms with Crippen molar-refractivity contribution in [3.05, 3.63) is 46.0 Å². The first-order valence-corrected chi connectivity index (χ1v) is 6.24. The van der Waals surface area contributed by atoms with Crippen molar-refractivity contribution in [2.45, 2.75) is 26.3 Å². The minimum atomic E-state index is 0.0288. The lowest BCUT2D eigenvalue weighted by Gasteiger charge is -2.17. The van der Waals surface area contributed by atoms with Gasteiger partial charge in [0.05, 0.1) is 6.04 Å². The van der Waals surface area contributed by atoms with E-state index in [0.29, 0.717) is 5.28 Å². The average Bonchev–Trinajstić information content (AvgIpc) is 2.70. The van der Waals surface area contributed by atoms with Gasteiger partial charge in [-0.2, -0.15) is 0 Å². The van der Waals surface area contributed by atoms with Gasteiger partial charge in [0.2, 0.25) is 5.28 Å². The molecule has 1 aromatic carbocycles. The molecular weight excluding hydrogens is 257 g/mol. The number of hydrogen-bond donors (Lipinski definition) is 0. The van der Waals surface area contributed by atoms with E-state index in [1.165, 1.54) is 0 Å². The Kier molecular flexibility index (Phi) is 3.69. The third-order valence-corrected chi connectivity index (χ3v) is 3.39. The molecule has 2 rings (SSSR count). The van der Waals surface area contributed by atoms with E-state index in [4.69, 9.17) is 23.2 Å². The second-order valence-electron chi connectivity index (χ2n) is 3.81. The number of hydrogen-bond acceptors (Lipinski definition) is 2. The van der Waals surface area contributed by atoms with Gasteiger partial charge >= 0.3 is 0 Å². The maximum absolute atomic E-state index is 6.19. The van der Waals surface area contributed by atoms with Crippen molar-refractivity contribution in [1.82, 2.24) is 14.8 Å². The van der Waals surface area contributed by atoms with Gasteiger partial charge < -0.3 is 0 Å². The SMILES string of the molecule is CCc1nnc(Cl)n1C(C)c1ccccc1Cl. The third kappa shape index (κ3) is 2.31. The molecule has 17 heavy (non-hydrogen) atoms. The molecule has 0 aliphatic heterocycles. The van der Waals surface area contributed by atoms with Crippen LogP contribution in [0.1, 0.15) is 31.3 Å². The van der Waals surface area contributed by atoms with Gasteiger partial charge in [-0.25, -0.2) is 0 Å². The Morgan fingerprint density at radius 3 is 2.59 bits per heavy atom. The lowest BCUT2D eigenvalue weighted by Crippen LogP contribution is -2.11. The molecule has 1 heterocycles. The van der Waals surface area contributed by atoms with Crippen molar-refractivity contribution in [2.75, 3.05) is 0 Å². The normalized spacial score (nSPS) is 12.7. The van der Waals surface area contributed by atoms with E-state index < -0.39 is 0 Å².